The predicted molar refractivity (Wildman–Crippen MR) is 167 cm³/mol. The molecule has 0 radical (unpaired) electrons. The molecular formula is C32H36F3N5O8S. The molecule has 13 nitrogen and oxygen atoms in total. The van der Waals surface area contributed by atoms with E-state index >= 15 is 0 Å². The highest BCUT2D eigenvalue weighted by atomic mass is 32.2. The highest BCUT2D eigenvalue weighted by Crippen LogP contribution is 2.45. The molecule has 17 heteroatoms. The third kappa shape index (κ3) is 7.31. The van der Waals surface area contributed by atoms with Gasteiger partial charge < -0.3 is 25.0 Å². The largest absolute Gasteiger partial charge is 0.472 e. The Bertz CT molecular complexity index is 1790. The molecule has 4 aliphatic rings. The van der Waals surface area contributed by atoms with Crippen LogP contribution in [0.2, 0.25) is 0 Å². The van der Waals surface area contributed by atoms with Crippen LogP contribution in [0.3, 0.4) is 0 Å². The van der Waals surface area contributed by atoms with Crippen molar-refractivity contribution in [1.82, 2.24) is 25.2 Å². The summed E-state index contributed by atoms with van der Waals surface area (Å²) in [5.74, 6) is -4.18. The number of cyclic esters (lactones) is 1. The lowest BCUT2D eigenvalue weighted by atomic mass is 10.0. The molecule has 0 spiro atoms. The molecule has 2 saturated carbocycles. The van der Waals surface area contributed by atoms with Crippen molar-refractivity contribution < 1.29 is 50.2 Å². The van der Waals surface area contributed by atoms with Gasteiger partial charge in [-0.15, -0.1) is 6.58 Å². The van der Waals surface area contributed by atoms with E-state index in [4.69, 9.17) is 9.47 Å². The highest BCUT2D eigenvalue weighted by molar-refractivity contribution is 7.91. The molecule has 3 fully saturated rings. The van der Waals surface area contributed by atoms with Gasteiger partial charge in [0, 0.05) is 23.9 Å². The first kappa shape index (κ1) is 34.5. The summed E-state index contributed by atoms with van der Waals surface area (Å²) in [5.41, 5.74) is -0.771. The lowest BCUT2D eigenvalue weighted by Crippen LogP contribution is -2.60. The Kier molecular flexibility index (Phi) is 9.23. The Morgan fingerprint density at radius 1 is 1.14 bits per heavy atom. The SMILES string of the molecule is C=CC1C[C@@]1(NC(=O)[C@@H]1C[C@@H]2CN1C(=O)C(C(F)(F)F)NC(=O)OCCCCCc1ccc3ccnc(c3c1)O2)C(=O)NS(=O)(=O)C1CC1. The number of halogens is 3. The van der Waals surface area contributed by atoms with Crippen molar-refractivity contribution in [2.75, 3.05) is 13.2 Å². The van der Waals surface area contributed by atoms with Gasteiger partial charge in [0.05, 0.1) is 18.4 Å². The van der Waals surface area contributed by atoms with Crippen molar-refractivity contribution >= 4 is 44.6 Å². The average molecular weight is 708 g/mol. The molecule has 2 aliphatic carbocycles. The lowest BCUT2D eigenvalue weighted by Gasteiger charge is -2.30. The molecule has 3 heterocycles. The van der Waals surface area contributed by atoms with Crippen LogP contribution in [0, 0.1) is 5.92 Å². The Labute approximate surface area is 280 Å². The van der Waals surface area contributed by atoms with Crippen LogP contribution in [0.1, 0.15) is 50.5 Å². The fourth-order valence-electron chi connectivity index (χ4n) is 6.37. The zero-order valence-corrected chi connectivity index (χ0v) is 27.1. The van der Waals surface area contributed by atoms with E-state index in [-0.39, 0.29) is 25.3 Å². The topological polar surface area (TPSA) is 173 Å². The van der Waals surface area contributed by atoms with E-state index in [1.165, 1.54) is 12.3 Å². The maximum absolute atomic E-state index is 14.3. The van der Waals surface area contributed by atoms with Crippen LogP contribution in [0.25, 0.3) is 10.8 Å². The molecule has 1 aromatic heterocycles. The second-order valence-corrected chi connectivity index (χ2v) is 14.9. The van der Waals surface area contributed by atoms with Crippen LogP contribution in [-0.2, 0) is 35.6 Å². The van der Waals surface area contributed by atoms with Crippen molar-refractivity contribution in [2.45, 2.75) is 86.5 Å². The fraction of sp³-hybridized carbons (Fsp3) is 0.531. The smallest absolute Gasteiger partial charge is 0.417 e. The number of ether oxygens (including phenoxy) is 2. The number of amides is 4. The second-order valence-electron chi connectivity index (χ2n) is 12.9. The van der Waals surface area contributed by atoms with Gasteiger partial charge in [-0.05, 0) is 68.0 Å². The minimum atomic E-state index is -5.27. The van der Waals surface area contributed by atoms with Crippen LogP contribution < -0.4 is 20.1 Å². The molecule has 2 unspecified atom stereocenters. The maximum atomic E-state index is 14.3. The number of pyridine rings is 1. The maximum Gasteiger partial charge on any atom is 0.417 e. The molecule has 6 rings (SSSR count). The summed E-state index contributed by atoms with van der Waals surface area (Å²) >= 11 is 0. The first-order chi connectivity index (χ1) is 23.2. The number of fused-ring (bicyclic) bond motifs is 3. The van der Waals surface area contributed by atoms with Crippen LogP contribution in [-0.4, -0.2) is 90.4 Å². The van der Waals surface area contributed by atoms with Crippen LogP contribution in [0.4, 0.5) is 18.0 Å². The van der Waals surface area contributed by atoms with Crippen LogP contribution >= 0.6 is 0 Å². The van der Waals surface area contributed by atoms with Gasteiger partial charge in [-0.1, -0.05) is 18.2 Å². The normalized spacial score (nSPS) is 28.0. The van der Waals surface area contributed by atoms with E-state index in [1.807, 2.05) is 22.9 Å². The van der Waals surface area contributed by atoms with Crippen LogP contribution in [0.15, 0.2) is 43.1 Å². The summed E-state index contributed by atoms with van der Waals surface area (Å²) in [7, 11) is -4.00. The van der Waals surface area contributed by atoms with E-state index < -0.39 is 81.5 Å². The van der Waals surface area contributed by atoms with Crippen molar-refractivity contribution in [2.24, 2.45) is 5.92 Å². The number of sulfonamides is 1. The standard InChI is InChI=1S/C32H36F3N5O8S/c1-2-20-16-31(20,29(43)39-49(45,46)22-9-10-22)38-26(41)24-15-21-17-40(24)28(42)25(32(33,34)35)37-30(44)47-13-5-3-4-6-18-7-8-19-11-12-36-27(48-21)23(19)14-18/h2,7-8,11-12,14,20-22,24-25H,1,3-6,9-10,13,15-17H2,(H,37,44)(H,38,41)(H,39,43)/t20?,21-,24+,25?,31+/m1/s1. The van der Waals surface area contributed by atoms with E-state index in [2.05, 4.69) is 16.9 Å². The Balaban J connectivity index is 1.32. The molecule has 4 amide bonds. The number of nitrogens with zero attached hydrogens (tertiary/aromatic N) is 2. The Hall–Kier alpha value is -4.41. The van der Waals surface area contributed by atoms with E-state index in [0.29, 0.717) is 48.8 Å². The van der Waals surface area contributed by atoms with Crippen molar-refractivity contribution in [3.8, 4) is 5.88 Å². The van der Waals surface area contributed by atoms with E-state index in [1.54, 1.807) is 11.4 Å². The lowest BCUT2D eigenvalue weighted by molar-refractivity contribution is -0.176. The van der Waals surface area contributed by atoms with Gasteiger partial charge >= 0.3 is 12.3 Å². The zero-order valence-electron chi connectivity index (χ0n) is 26.3. The number of rotatable bonds is 6. The number of alkyl halides is 3. The first-order valence-corrected chi connectivity index (χ1v) is 17.6. The number of nitrogens with one attached hydrogen (secondary N) is 3. The monoisotopic (exact) mass is 707 g/mol. The molecular weight excluding hydrogens is 671 g/mol. The third-order valence-electron chi connectivity index (χ3n) is 9.35. The van der Waals surface area contributed by atoms with Gasteiger partial charge in [0.25, 0.3) is 11.8 Å². The second kappa shape index (κ2) is 13.1. The van der Waals surface area contributed by atoms with Gasteiger partial charge in [-0.25, -0.2) is 18.2 Å². The van der Waals surface area contributed by atoms with Crippen molar-refractivity contribution in [3.05, 3.63) is 48.7 Å². The first-order valence-electron chi connectivity index (χ1n) is 16.1. The van der Waals surface area contributed by atoms with Crippen molar-refractivity contribution in [3.63, 3.8) is 0 Å². The molecule has 264 valence electrons. The predicted octanol–water partition coefficient (Wildman–Crippen LogP) is 2.64. The number of alkyl carbamates (subject to hydrolysis) is 1. The van der Waals surface area contributed by atoms with Gasteiger partial charge in [0.1, 0.15) is 17.7 Å². The number of carbonyl (C=O) groups excluding carboxylic acids is 4. The summed E-state index contributed by atoms with van der Waals surface area (Å²) in [5, 5.41) is 4.81. The zero-order chi connectivity index (χ0) is 35.1. The fourth-order valence-corrected chi connectivity index (χ4v) is 7.74. The summed E-state index contributed by atoms with van der Waals surface area (Å²) in [6.07, 6.45) is -2.08. The molecule has 2 aliphatic heterocycles. The average Bonchev–Trinajstić information content (AvgIpc) is 3.97. The number of aromatic nitrogens is 1. The molecule has 1 saturated heterocycles. The molecule has 4 bridgehead atoms. The minimum absolute atomic E-state index is 0.0182. The number of carbonyl (C=O) groups is 4. The summed E-state index contributed by atoms with van der Waals surface area (Å²) < 4.78 is 81.1. The van der Waals surface area contributed by atoms with Crippen LogP contribution in [0.5, 0.6) is 5.88 Å². The molecule has 49 heavy (non-hydrogen) atoms. The Morgan fingerprint density at radius 3 is 2.61 bits per heavy atom. The van der Waals surface area contributed by atoms with Crippen molar-refractivity contribution in [1.29, 1.82) is 0 Å². The number of hydrogen-bond acceptors (Lipinski definition) is 9. The van der Waals surface area contributed by atoms with E-state index in [9.17, 15) is 40.8 Å². The molecule has 3 N–H and O–H groups in total. The quantitative estimate of drug-likeness (QED) is 0.382. The number of hydrogen-bond donors (Lipinski definition) is 3. The molecule has 2 aromatic rings. The Morgan fingerprint density at radius 2 is 1.92 bits per heavy atom. The summed E-state index contributed by atoms with van der Waals surface area (Å²) in [4.78, 5) is 58.2. The minimum Gasteiger partial charge on any atom is -0.472 e. The summed E-state index contributed by atoms with van der Waals surface area (Å²) in [6, 6.07) is 2.84. The summed E-state index contributed by atoms with van der Waals surface area (Å²) in [6.45, 7) is 2.97. The number of aryl methyl sites for hydroxylation is 1. The molecule has 1 aromatic carbocycles. The van der Waals surface area contributed by atoms with Gasteiger partial charge in [0.15, 0.2) is 0 Å². The highest BCUT2D eigenvalue weighted by Gasteiger charge is 2.62. The third-order valence-corrected chi connectivity index (χ3v) is 11.2. The van der Waals surface area contributed by atoms with Gasteiger partial charge in [-0.3, -0.25) is 19.1 Å². The van der Waals surface area contributed by atoms with Gasteiger partial charge in [-0.2, -0.15) is 13.2 Å². The molecule has 5 atom stereocenters. The van der Waals surface area contributed by atoms with E-state index in [0.717, 1.165) is 10.9 Å². The number of benzene rings is 1. The van der Waals surface area contributed by atoms with Gasteiger partial charge in [0.2, 0.25) is 27.9 Å².